The van der Waals surface area contributed by atoms with Gasteiger partial charge in [0.2, 0.25) is 5.91 Å². The first kappa shape index (κ1) is 23.4. The predicted molar refractivity (Wildman–Crippen MR) is 141 cm³/mol. The van der Waals surface area contributed by atoms with E-state index < -0.39 is 0 Å². The second kappa shape index (κ2) is 10.5. The summed E-state index contributed by atoms with van der Waals surface area (Å²) in [7, 11) is 0. The number of carbonyl (C=O) groups is 1. The third kappa shape index (κ3) is 5.50. The van der Waals surface area contributed by atoms with Crippen molar-refractivity contribution in [3.05, 3.63) is 91.0 Å². The second-order valence-corrected chi connectivity index (χ2v) is 8.84. The molecule has 1 fully saturated rings. The summed E-state index contributed by atoms with van der Waals surface area (Å²) in [6.07, 6.45) is 10.7. The molecule has 8 heteroatoms. The van der Waals surface area contributed by atoms with Gasteiger partial charge < -0.3 is 15.0 Å². The first-order chi connectivity index (χ1) is 17.5. The zero-order valence-corrected chi connectivity index (χ0v) is 20.3. The summed E-state index contributed by atoms with van der Waals surface area (Å²) in [5.41, 5.74) is 4.00. The van der Waals surface area contributed by atoms with Gasteiger partial charge in [-0.3, -0.25) is 9.78 Å². The normalized spacial score (nSPS) is 17.9. The number of anilines is 2. The average Bonchev–Trinajstić information content (AvgIpc) is 3.33. The topological polar surface area (TPSA) is 85.2 Å². The van der Waals surface area contributed by atoms with Crippen LogP contribution in [-0.2, 0) is 9.53 Å². The molecule has 1 N–H and O–H groups in total. The van der Waals surface area contributed by atoms with Crippen molar-refractivity contribution in [1.82, 2.24) is 19.7 Å². The van der Waals surface area contributed by atoms with Crippen molar-refractivity contribution in [3.63, 3.8) is 0 Å². The quantitative estimate of drug-likeness (QED) is 0.406. The average molecular weight is 481 g/mol. The number of carbonyl (C=O) groups excluding carboxylic acids is 1. The van der Waals surface area contributed by atoms with Gasteiger partial charge in [-0.1, -0.05) is 18.2 Å². The molecular weight excluding hydrogens is 452 g/mol. The minimum absolute atomic E-state index is 0.155. The summed E-state index contributed by atoms with van der Waals surface area (Å²) in [6.45, 7) is 5.71. The Kier molecular flexibility index (Phi) is 6.86. The molecule has 0 bridgehead atoms. The second-order valence-electron chi connectivity index (χ2n) is 8.84. The summed E-state index contributed by atoms with van der Waals surface area (Å²) in [5.74, 6) is 0.628. The maximum Gasteiger partial charge on any atom is 0.248 e. The number of nitrogens with zero attached hydrogens (tertiary/aromatic N) is 5. The summed E-state index contributed by atoms with van der Waals surface area (Å²) in [4.78, 5) is 23.7. The molecule has 0 spiro atoms. The molecule has 1 aliphatic rings. The standard InChI is InChI=1S/C28H28N6O2/c1-20-17-33(18-21(2)36-20)26-12-11-24(16-30-26)31-27(35)13-10-23-19-34(25-8-4-3-5-9-25)32-28(23)22-7-6-14-29-15-22/h3-16,19-21H,17-18H2,1-2H3,(H,31,35). The van der Waals surface area contributed by atoms with Crippen LogP contribution in [0.2, 0.25) is 0 Å². The van der Waals surface area contributed by atoms with Crippen LogP contribution < -0.4 is 10.2 Å². The van der Waals surface area contributed by atoms with Crippen molar-refractivity contribution < 1.29 is 9.53 Å². The zero-order chi connectivity index (χ0) is 24.9. The molecule has 5 rings (SSSR count). The van der Waals surface area contributed by atoms with Crippen molar-refractivity contribution in [3.8, 4) is 16.9 Å². The number of nitrogens with one attached hydrogen (secondary N) is 1. The first-order valence-electron chi connectivity index (χ1n) is 12.0. The van der Waals surface area contributed by atoms with Crippen LogP contribution in [0.3, 0.4) is 0 Å². The third-order valence-corrected chi connectivity index (χ3v) is 5.87. The molecule has 1 aliphatic heterocycles. The Morgan fingerprint density at radius 3 is 2.53 bits per heavy atom. The Hall–Kier alpha value is -4.30. The number of para-hydroxylation sites is 1. The largest absolute Gasteiger partial charge is 0.372 e. The molecule has 0 radical (unpaired) electrons. The molecule has 0 aliphatic carbocycles. The lowest BCUT2D eigenvalue weighted by Crippen LogP contribution is -2.45. The van der Waals surface area contributed by atoms with E-state index in [1.165, 1.54) is 6.08 Å². The van der Waals surface area contributed by atoms with Crippen molar-refractivity contribution in [2.45, 2.75) is 26.1 Å². The highest BCUT2D eigenvalue weighted by atomic mass is 16.5. The molecule has 2 atom stereocenters. The molecule has 4 aromatic rings. The molecule has 3 aromatic heterocycles. The fourth-order valence-electron chi connectivity index (χ4n) is 4.31. The van der Waals surface area contributed by atoms with Crippen LogP contribution in [0.25, 0.3) is 23.0 Å². The van der Waals surface area contributed by atoms with E-state index in [4.69, 9.17) is 9.84 Å². The number of ether oxygens (including phenoxy) is 1. The van der Waals surface area contributed by atoms with Crippen LogP contribution in [0, 0.1) is 0 Å². The number of pyridine rings is 2. The Balaban J connectivity index is 1.31. The van der Waals surface area contributed by atoms with E-state index >= 15 is 0 Å². The van der Waals surface area contributed by atoms with Crippen molar-refractivity contribution in [2.75, 3.05) is 23.3 Å². The lowest BCUT2D eigenvalue weighted by Gasteiger charge is -2.36. The fourth-order valence-corrected chi connectivity index (χ4v) is 4.31. The lowest BCUT2D eigenvalue weighted by molar-refractivity contribution is -0.111. The molecule has 2 unspecified atom stereocenters. The van der Waals surface area contributed by atoms with Crippen LogP contribution in [0.4, 0.5) is 11.5 Å². The van der Waals surface area contributed by atoms with Gasteiger partial charge in [-0.2, -0.15) is 5.10 Å². The number of morpholine rings is 1. The molecule has 182 valence electrons. The maximum atomic E-state index is 12.7. The highest BCUT2D eigenvalue weighted by molar-refractivity contribution is 6.02. The summed E-state index contributed by atoms with van der Waals surface area (Å²) in [5, 5.41) is 7.63. The lowest BCUT2D eigenvalue weighted by atomic mass is 10.1. The smallest absolute Gasteiger partial charge is 0.248 e. The molecular formula is C28H28N6O2. The monoisotopic (exact) mass is 480 g/mol. The van der Waals surface area contributed by atoms with Gasteiger partial charge >= 0.3 is 0 Å². The van der Waals surface area contributed by atoms with Crippen LogP contribution in [0.1, 0.15) is 19.4 Å². The number of amides is 1. The SMILES string of the molecule is CC1CN(c2ccc(NC(=O)C=Cc3cn(-c4ccccc4)nc3-c3cccnc3)cn2)CC(C)O1. The van der Waals surface area contributed by atoms with Crippen LogP contribution in [-0.4, -0.2) is 51.0 Å². The number of rotatable bonds is 6. The van der Waals surface area contributed by atoms with Crippen LogP contribution in [0.5, 0.6) is 0 Å². The first-order valence-corrected chi connectivity index (χ1v) is 12.0. The van der Waals surface area contributed by atoms with Gasteiger partial charge in [0.05, 0.1) is 29.8 Å². The molecule has 4 heterocycles. The van der Waals surface area contributed by atoms with E-state index in [1.807, 2.05) is 60.8 Å². The number of hydrogen-bond acceptors (Lipinski definition) is 6. The Morgan fingerprint density at radius 1 is 1.03 bits per heavy atom. The van der Waals surface area contributed by atoms with E-state index in [2.05, 4.69) is 34.0 Å². The molecule has 8 nitrogen and oxygen atoms in total. The van der Waals surface area contributed by atoms with Gasteiger partial charge in [-0.15, -0.1) is 0 Å². The van der Waals surface area contributed by atoms with E-state index in [9.17, 15) is 4.79 Å². The van der Waals surface area contributed by atoms with Gasteiger partial charge in [-0.05, 0) is 56.3 Å². The van der Waals surface area contributed by atoms with E-state index in [0.29, 0.717) is 5.69 Å². The van der Waals surface area contributed by atoms with Gasteiger partial charge in [0.25, 0.3) is 0 Å². The summed E-state index contributed by atoms with van der Waals surface area (Å²) in [6, 6.07) is 17.5. The van der Waals surface area contributed by atoms with Gasteiger partial charge in [0, 0.05) is 48.9 Å². The van der Waals surface area contributed by atoms with Crippen molar-refractivity contribution in [1.29, 1.82) is 0 Å². The Morgan fingerprint density at radius 2 is 1.83 bits per heavy atom. The number of benzene rings is 1. The van der Waals surface area contributed by atoms with E-state index in [1.54, 1.807) is 29.3 Å². The van der Waals surface area contributed by atoms with Gasteiger partial charge in [-0.25, -0.2) is 9.67 Å². The maximum absolute atomic E-state index is 12.7. The predicted octanol–water partition coefficient (Wildman–Crippen LogP) is 4.59. The third-order valence-electron chi connectivity index (χ3n) is 5.87. The van der Waals surface area contributed by atoms with E-state index in [0.717, 1.165) is 41.4 Å². The molecule has 36 heavy (non-hydrogen) atoms. The van der Waals surface area contributed by atoms with Crippen LogP contribution in [0.15, 0.2) is 85.5 Å². The van der Waals surface area contributed by atoms with Crippen molar-refractivity contribution >= 4 is 23.5 Å². The zero-order valence-electron chi connectivity index (χ0n) is 20.3. The number of hydrogen-bond donors (Lipinski definition) is 1. The molecule has 1 aromatic carbocycles. The Bertz CT molecular complexity index is 1330. The summed E-state index contributed by atoms with van der Waals surface area (Å²) >= 11 is 0. The summed E-state index contributed by atoms with van der Waals surface area (Å²) < 4.78 is 7.60. The fraction of sp³-hybridized carbons (Fsp3) is 0.214. The van der Waals surface area contributed by atoms with Gasteiger partial charge in [0.15, 0.2) is 0 Å². The van der Waals surface area contributed by atoms with Crippen LogP contribution >= 0.6 is 0 Å². The van der Waals surface area contributed by atoms with Crippen molar-refractivity contribution in [2.24, 2.45) is 0 Å². The molecule has 0 saturated carbocycles. The minimum atomic E-state index is -0.247. The highest BCUT2D eigenvalue weighted by Gasteiger charge is 2.23. The van der Waals surface area contributed by atoms with Gasteiger partial charge in [0.1, 0.15) is 11.5 Å². The number of aromatic nitrogens is 4. The molecule has 1 saturated heterocycles. The molecule has 1 amide bonds. The minimum Gasteiger partial charge on any atom is -0.372 e. The Labute approximate surface area is 210 Å². The van der Waals surface area contributed by atoms with E-state index in [-0.39, 0.29) is 18.1 Å². The highest BCUT2D eigenvalue weighted by Crippen LogP contribution is 2.24.